The Kier molecular flexibility index (Phi) is 6.54. The highest BCUT2D eigenvalue weighted by Crippen LogP contribution is 2.18. The average molecular weight is 252 g/mol. The van der Waals surface area contributed by atoms with E-state index in [1.54, 1.807) is 7.11 Å². The predicted molar refractivity (Wildman–Crippen MR) is 76.4 cm³/mol. The molecule has 1 unspecified atom stereocenters. The number of benzene rings is 1. The lowest BCUT2D eigenvalue weighted by molar-refractivity contribution is 0.190. The molecule has 0 aliphatic heterocycles. The van der Waals surface area contributed by atoms with Gasteiger partial charge in [-0.25, -0.2) is 0 Å². The molecule has 2 N–H and O–H groups in total. The van der Waals surface area contributed by atoms with E-state index >= 15 is 0 Å². The summed E-state index contributed by atoms with van der Waals surface area (Å²) in [5.41, 5.74) is 2.22. The van der Waals surface area contributed by atoms with Crippen LogP contribution in [0, 0.1) is 0 Å². The normalized spacial score (nSPS) is 12.2. The summed E-state index contributed by atoms with van der Waals surface area (Å²) in [5.74, 6) is 0. The van der Waals surface area contributed by atoms with Crippen molar-refractivity contribution in [2.75, 3.05) is 43.6 Å². The standard InChI is InChI=1S/C14H24N2O2/c1-4-16(9-10-17)14-7-5-13(6-8-14)15-12(2)11-18-3/h5-8,12,15,17H,4,9-11H2,1-3H3. The van der Waals surface area contributed by atoms with Gasteiger partial charge in [0.2, 0.25) is 0 Å². The first-order valence-corrected chi connectivity index (χ1v) is 6.42. The third-order valence-electron chi connectivity index (χ3n) is 2.81. The van der Waals surface area contributed by atoms with Gasteiger partial charge in [-0.1, -0.05) is 0 Å². The fourth-order valence-electron chi connectivity index (χ4n) is 1.94. The van der Waals surface area contributed by atoms with Gasteiger partial charge in [0.1, 0.15) is 0 Å². The molecule has 0 saturated heterocycles. The third-order valence-corrected chi connectivity index (χ3v) is 2.81. The molecular formula is C14H24N2O2. The summed E-state index contributed by atoms with van der Waals surface area (Å²) in [5, 5.41) is 12.4. The van der Waals surface area contributed by atoms with Gasteiger partial charge in [-0.15, -0.1) is 0 Å². The molecule has 4 heteroatoms. The van der Waals surface area contributed by atoms with Crippen molar-refractivity contribution in [3.63, 3.8) is 0 Å². The molecule has 1 atom stereocenters. The summed E-state index contributed by atoms with van der Waals surface area (Å²) in [7, 11) is 1.70. The molecule has 0 aromatic heterocycles. The number of likely N-dealkylation sites (N-methyl/N-ethyl adjacent to an activating group) is 1. The maximum atomic E-state index is 8.99. The van der Waals surface area contributed by atoms with Gasteiger partial charge >= 0.3 is 0 Å². The van der Waals surface area contributed by atoms with Crippen molar-refractivity contribution in [1.29, 1.82) is 0 Å². The number of methoxy groups -OCH3 is 1. The molecule has 0 amide bonds. The first-order valence-electron chi connectivity index (χ1n) is 6.42. The molecule has 0 saturated carbocycles. The van der Waals surface area contributed by atoms with E-state index in [1.165, 1.54) is 0 Å². The molecule has 0 fully saturated rings. The number of hydrogen-bond acceptors (Lipinski definition) is 4. The zero-order valence-corrected chi connectivity index (χ0v) is 11.5. The van der Waals surface area contributed by atoms with Crippen molar-refractivity contribution < 1.29 is 9.84 Å². The molecule has 4 nitrogen and oxygen atoms in total. The largest absolute Gasteiger partial charge is 0.395 e. The summed E-state index contributed by atoms with van der Waals surface area (Å²) >= 11 is 0. The highest BCUT2D eigenvalue weighted by molar-refractivity contribution is 5.55. The molecule has 1 aromatic carbocycles. The molecule has 1 rings (SSSR count). The van der Waals surface area contributed by atoms with E-state index < -0.39 is 0 Å². The van der Waals surface area contributed by atoms with Crippen LogP contribution in [0.5, 0.6) is 0 Å². The fraction of sp³-hybridized carbons (Fsp3) is 0.571. The topological polar surface area (TPSA) is 44.7 Å². The second-order valence-corrected chi connectivity index (χ2v) is 4.35. The lowest BCUT2D eigenvalue weighted by Crippen LogP contribution is -2.26. The van der Waals surface area contributed by atoms with Gasteiger partial charge in [0.15, 0.2) is 0 Å². The van der Waals surface area contributed by atoms with E-state index in [9.17, 15) is 0 Å². The fourth-order valence-corrected chi connectivity index (χ4v) is 1.94. The quantitative estimate of drug-likeness (QED) is 0.742. The second-order valence-electron chi connectivity index (χ2n) is 4.35. The Morgan fingerprint density at radius 1 is 1.33 bits per heavy atom. The van der Waals surface area contributed by atoms with Crippen molar-refractivity contribution in [2.24, 2.45) is 0 Å². The van der Waals surface area contributed by atoms with Crippen LogP contribution in [0.25, 0.3) is 0 Å². The van der Waals surface area contributed by atoms with Crippen LogP contribution < -0.4 is 10.2 Å². The van der Waals surface area contributed by atoms with Gasteiger partial charge in [0.05, 0.1) is 13.2 Å². The van der Waals surface area contributed by atoms with E-state index in [0.717, 1.165) is 17.9 Å². The third kappa shape index (κ3) is 4.55. The van der Waals surface area contributed by atoms with Crippen molar-refractivity contribution in [1.82, 2.24) is 0 Å². The second kappa shape index (κ2) is 7.95. The minimum absolute atomic E-state index is 0.179. The van der Waals surface area contributed by atoms with Crippen LogP contribution in [0.4, 0.5) is 11.4 Å². The smallest absolute Gasteiger partial charge is 0.0661 e. The van der Waals surface area contributed by atoms with Crippen molar-refractivity contribution in [3.05, 3.63) is 24.3 Å². The number of aliphatic hydroxyl groups is 1. The van der Waals surface area contributed by atoms with E-state index in [0.29, 0.717) is 19.2 Å². The number of nitrogens with one attached hydrogen (secondary N) is 1. The Morgan fingerprint density at radius 2 is 2.00 bits per heavy atom. The molecule has 0 radical (unpaired) electrons. The average Bonchev–Trinajstić information content (AvgIpc) is 2.37. The van der Waals surface area contributed by atoms with Crippen molar-refractivity contribution >= 4 is 11.4 Å². The van der Waals surface area contributed by atoms with Crippen LogP contribution >= 0.6 is 0 Å². The summed E-state index contributed by atoms with van der Waals surface area (Å²) in [4.78, 5) is 2.14. The molecule has 0 spiro atoms. The highest BCUT2D eigenvalue weighted by atomic mass is 16.5. The monoisotopic (exact) mass is 252 g/mol. The SMILES string of the molecule is CCN(CCO)c1ccc(NC(C)COC)cc1. The van der Waals surface area contributed by atoms with Crippen LogP contribution in [-0.4, -0.2) is 44.6 Å². The maximum Gasteiger partial charge on any atom is 0.0661 e. The summed E-state index contributed by atoms with van der Waals surface area (Å²) in [6.45, 7) is 6.60. The molecular weight excluding hydrogens is 228 g/mol. The van der Waals surface area contributed by atoms with Crippen LogP contribution in [0.3, 0.4) is 0 Å². The van der Waals surface area contributed by atoms with Crippen molar-refractivity contribution in [3.8, 4) is 0 Å². The van der Waals surface area contributed by atoms with Gasteiger partial charge < -0.3 is 20.1 Å². The minimum atomic E-state index is 0.179. The maximum absolute atomic E-state index is 8.99. The number of rotatable bonds is 8. The van der Waals surface area contributed by atoms with E-state index in [4.69, 9.17) is 9.84 Å². The molecule has 0 heterocycles. The first kappa shape index (κ1) is 14.8. The van der Waals surface area contributed by atoms with Crippen LogP contribution in [0.1, 0.15) is 13.8 Å². The Morgan fingerprint density at radius 3 is 2.50 bits per heavy atom. The summed E-state index contributed by atoms with van der Waals surface area (Å²) in [6, 6.07) is 8.55. The minimum Gasteiger partial charge on any atom is -0.395 e. The predicted octanol–water partition coefficient (Wildman–Crippen LogP) is 1.95. The van der Waals surface area contributed by atoms with Gasteiger partial charge in [0.25, 0.3) is 0 Å². The lowest BCUT2D eigenvalue weighted by atomic mass is 10.2. The van der Waals surface area contributed by atoms with Crippen LogP contribution in [0.15, 0.2) is 24.3 Å². The van der Waals surface area contributed by atoms with Gasteiger partial charge in [-0.2, -0.15) is 0 Å². The zero-order valence-electron chi connectivity index (χ0n) is 11.5. The molecule has 18 heavy (non-hydrogen) atoms. The Hall–Kier alpha value is -1.26. The summed E-state index contributed by atoms with van der Waals surface area (Å²) < 4.78 is 5.09. The number of anilines is 2. The Labute approximate surface area is 110 Å². The van der Waals surface area contributed by atoms with E-state index in [1.807, 2.05) is 0 Å². The first-order chi connectivity index (χ1) is 8.71. The van der Waals surface area contributed by atoms with Crippen LogP contribution in [0.2, 0.25) is 0 Å². The van der Waals surface area contributed by atoms with Gasteiger partial charge in [0, 0.05) is 37.6 Å². The Bertz CT molecular complexity index is 327. The van der Waals surface area contributed by atoms with E-state index in [2.05, 4.69) is 48.3 Å². The molecule has 0 aliphatic carbocycles. The number of nitrogens with zero attached hydrogens (tertiary/aromatic N) is 1. The lowest BCUT2D eigenvalue weighted by Gasteiger charge is -2.22. The number of ether oxygens (including phenoxy) is 1. The highest BCUT2D eigenvalue weighted by Gasteiger charge is 2.04. The van der Waals surface area contributed by atoms with Crippen LogP contribution in [-0.2, 0) is 4.74 Å². The zero-order chi connectivity index (χ0) is 13.4. The van der Waals surface area contributed by atoms with Gasteiger partial charge in [-0.3, -0.25) is 0 Å². The number of hydrogen-bond donors (Lipinski definition) is 2. The van der Waals surface area contributed by atoms with E-state index in [-0.39, 0.29) is 6.61 Å². The van der Waals surface area contributed by atoms with Gasteiger partial charge in [-0.05, 0) is 38.1 Å². The molecule has 102 valence electrons. The molecule has 0 aliphatic rings. The summed E-state index contributed by atoms with van der Waals surface area (Å²) in [6.07, 6.45) is 0. The Balaban J connectivity index is 2.61. The molecule has 0 bridgehead atoms. The molecule has 1 aromatic rings. The number of aliphatic hydroxyl groups excluding tert-OH is 1. The van der Waals surface area contributed by atoms with Crippen molar-refractivity contribution in [2.45, 2.75) is 19.9 Å².